The van der Waals surface area contributed by atoms with Crippen LogP contribution in [0.2, 0.25) is 5.02 Å². The molecule has 1 aromatic rings. The van der Waals surface area contributed by atoms with E-state index < -0.39 is 5.41 Å². The van der Waals surface area contributed by atoms with Gasteiger partial charge in [0.2, 0.25) is 0 Å². The minimum absolute atomic E-state index is 0.297. The topological polar surface area (TPSA) is 35.5 Å². The Bertz CT molecular complexity index is 399. The van der Waals surface area contributed by atoms with Crippen LogP contribution in [-0.2, 0) is 14.9 Å². The maximum Gasteiger partial charge on any atom is 0.315 e. The summed E-state index contributed by atoms with van der Waals surface area (Å²) in [5.41, 5.74) is 0.0788. The summed E-state index contributed by atoms with van der Waals surface area (Å²) in [5.74, 6) is 0.291. The van der Waals surface area contributed by atoms with Gasteiger partial charge in [-0.05, 0) is 31.5 Å². The van der Waals surface area contributed by atoms with Crippen LogP contribution in [0.25, 0.3) is 0 Å². The van der Waals surface area contributed by atoms with Gasteiger partial charge >= 0.3 is 5.97 Å². The van der Waals surface area contributed by atoms with Crippen LogP contribution in [-0.4, -0.2) is 20.2 Å². The predicted octanol–water partition coefficient (Wildman–Crippen LogP) is 2.80. The SMILES string of the molecule is COC(=O)C(C)(C)c1ccc(OC)c(Cl)c1. The van der Waals surface area contributed by atoms with Crippen molar-refractivity contribution in [3.8, 4) is 5.75 Å². The Labute approximate surface area is 100 Å². The molecule has 1 aromatic carbocycles. The van der Waals surface area contributed by atoms with Crippen molar-refractivity contribution in [2.45, 2.75) is 19.3 Å². The summed E-state index contributed by atoms with van der Waals surface area (Å²) in [4.78, 5) is 11.6. The number of carbonyl (C=O) groups excluding carboxylic acids is 1. The van der Waals surface area contributed by atoms with E-state index in [9.17, 15) is 4.79 Å². The number of hydrogen-bond acceptors (Lipinski definition) is 3. The quantitative estimate of drug-likeness (QED) is 0.765. The summed E-state index contributed by atoms with van der Waals surface area (Å²) in [7, 11) is 2.92. The lowest BCUT2D eigenvalue weighted by molar-refractivity contribution is -0.146. The van der Waals surface area contributed by atoms with E-state index in [1.165, 1.54) is 7.11 Å². The van der Waals surface area contributed by atoms with Crippen LogP contribution in [0.3, 0.4) is 0 Å². The fourth-order valence-corrected chi connectivity index (χ4v) is 1.69. The lowest BCUT2D eigenvalue weighted by Crippen LogP contribution is -2.30. The van der Waals surface area contributed by atoms with E-state index in [1.54, 1.807) is 33.1 Å². The maximum absolute atomic E-state index is 11.6. The van der Waals surface area contributed by atoms with Crippen LogP contribution in [0.1, 0.15) is 19.4 Å². The van der Waals surface area contributed by atoms with Crippen molar-refractivity contribution < 1.29 is 14.3 Å². The van der Waals surface area contributed by atoms with Crippen LogP contribution in [0, 0.1) is 0 Å². The third-order valence-electron chi connectivity index (χ3n) is 2.57. The van der Waals surface area contributed by atoms with Crippen LogP contribution in [0.4, 0.5) is 0 Å². The molecule has 88 valence electrons. The van der Waals surface area contributed by atoms with Crippen molar-refractivity contribution in [1.29, 1.82) is 0 Å². The zero-order chi connectivity index (χ0) is 12.3. The van der Waals surface area contributed by atoms with Gasteiger partial charge in [0.1, 0.15) is 5.75 Å². The summed E-state index contributed by atoms with van der Waals surface area (Å²) < 4.78 is 9.80. The van der Waals surface area contributed by atoms with E-state index in [-0.39, 0.29) is 5.97 Å². The number of ether oxygens (including phenoxy) is 2. The molecule has 0 aromatic heterocycles. The Balaban J connectivity index is 3.14. The molecule has 0 spiro atoms. The average molecular weight is 243 g/mol. The monoisotopic (exact) mass is 242 g/mol. The number of halogens is 1. The highest BCUT2D eigenvalue weighted by Crippen LogP contribution is 2.31. The van der Waals surface area contributed by atoms with Gasteiger partial charge in [-0.15, -0.1) is 0 Å². The highest BCUT2D eigenvalue weighted by Gasteiger charge is 2.31. The second-order valence-corrected chi connectivity index (χ2v) is 4.37. The van der Waals surface area contributed by atoms with E-state index >= 15 is 0 Å². The van der Waals surface area contributed by atoms with E-state index in [0.717, 1.165) is 5.56 Å². The van der Waals surface area contributed by atoms with Crippen molar-refractivity contribution in [2.75, 3.05) is 14.2 Å². The Morgan fingerprint density at radius 3 is 2.38 bits per heavy atom. The molecule has 0 aliphatic carbocycles. The molecule has 1 rings (SSSR count). The number of esters is 1. The first-order valence-corrected chi connectivity index (χ1v) is 5.23. The fourth-order valence-electron chi connectivity index (χ4n) is 1.43. The van der Waals surface area contributed by atoms with Crippen LogP contribution < -0.4 is 4.74 Å². The van der Waals surface area contributed by atoms with Gasteiger partial charge < -0.3 is 9.47 Å². The number of hydrogen-bond donors (Lipinski definition) is 0. The third kappa shape index (κ3) is 2.30. The van der Waals surface area contributed by atoms with E-state index in [2.05, 4.69) is 0 Å². The molecule has 0 saturated carbocycles. The molecule has 0 N–H and O–H groups in total. The molecule has 16 heavy (non-hydrogen) atoms. The molecule has 0 heterocycles. The van der Waals surface area contributed by atoms with Gasteiger partial charge in [0.25, 0.3) is 0 Å². The molecule has 0 unspecified atom stereocenters. The number of methoxy groups -OCH3 is 2. The molecule has 0 atom stereocenters. The minimum Gasteiger partial charge on any atom is -0.495 e. The Hall–Kier alpha value is -1.22. The lowest BCUT2D eigenvalue weighted by Gasteiger charge is -2.22. The zero-order valence-corrected chi connectivity index (χ0v) is 10.6. The number of benzene rings is 1. The Kier molecular flexibility index (Phi) is 3.81. The molecule has 4 heteroatoms. The predicted molar refractivity (Wildman–Crippen MR) is 63.0 cm³/mol. The summed E-state index contributed by atoms with van der Waals surface area (Å²) in [6, 6.07) is 5.27. The Morgan fingerprint density at radius 1 is 1.31 bits per heavy atom. The number of rotatable bonds is 3. The molecule has 0 fully saturated rings. The second kappa shape index (κ2) is 4.74. The van der Waals surface area contributed by atoms with Crippen molar-refractivity contribution in [2.24, 2.45) is 0 Å². The van der Waals surface area contributed by atoms with E-state index in [1.807, 2.05) is 6.07 Å². The van der Waals surface area contributed by atoms with Gasteiger partial charge in [-0.25, -0.2) is 0 Å². The standard InChI is InChI=1S/C12H15ClO3/c1-12(2,11(14)16-4)8-5-6-10(15-3)9(13)7-8/h5-7H,1-4H3. The third-order valence-corrected chi connectivity index (χ3v) is 2.86. The molecule has 0 amide bonds. The molecular formula is C12H15ClO3. The molecular weight excluding hydrogens is 228 g/mol. The van der Waals surface area contributed by atoms with Crippen molar-refractivity contribution in [1.82, 2.24) is 0 Å². The lowest BCUT2D eigenvalue weighted by atomic mass is 9.85. The normalized spacial score (nSPS) is 11.1. The highest BCUT2D eigenvalue weighted by molar-refractivity contribution is 6.32. The van der Waals surface area contributed by atoms with Crippen LogP contribution in [0.5, 0.6) is 5.75 Å². The van der Waals surface area contributed by atoms with E-state index in [4.69, 9.17) is 21.1 Å². The minimum atomic E-state index is -0.718. The molecule has 0 radical (unpaired) electrons. The number of carbonyl (C=O) groups is 1. The molecule has 3 nitrogen and oxygen atoms in total. The summed E-state index contributed by atoms with van der Waals surface area (Å²) in [6.07, 6.45) is 0. The van der Waals surface area contributed by atoms with Gasteiger partial charge in [-0.1, -0.05) is 17.7 Å². The molecule has 0 saturated heterocycles. The van der Waals surface area contributed by atoms with Crippen molar-refractivity contribution in [3.63, 3.8) is 0 Å². The van der Waals surface area contributed by atoms with Crippen molar-refractivity contribution in [3.05, 3.63) is 28.8 Å². The largest absolute Gasteiger partial charge is 0.495 e. The van der Waals surface area contributed by atoms with Gasteiger partial charge in [0.05, 0.1) is 24.7 Å². The van der Waals surface area contributed by atoms with Crippen LogP contribution in [0.15, 0.2) is 18.2 Å². The molecule has 0 aliphatic rings. The molecule has 0 aliphatic heterocycles. The van der Waals surface area contributed by atoms with E-state index in [0.29, 0.717) is 10.8 Å². The summed E-state index contributed by atoms with van der Waals surface area (Å²) >= 11 is 6.01. The second-order valence-electron chi connectivity index (χ2n) is 3.97. The average Bonchev–Trinajstić information content (AvgIpc) is 2.27. The first kappa shape index (κ1) is 12.8. The Morgan fingerprint density at radius 2 is 1.94 bits per heavy atom. The smallest absolute Gasteiger partial charge is 0.315 e. The highest BCUT2D eigenvalue weighted by atomic mass is 35.5. The van der Waals surface area contributed by atoms with Crippen molar-refractivity contribution >= 4 is 17.6 Å². The zero-order valence-electron chi connectivity index (χ0n) is 9.83. The maximum atomic E-state index is 11.6. The summed E-state index contributed by atoms with van der Waals surface area (Å²) in [6.45, 7) is 3.58. The van der Waals surface area contributed by atoms with Crippen LogP contribution >= 0.6 is 11.6 Å². The van der Waals surface area contributed by atoms with Gasteiger partial charge in [0.15, 0.2) is 0 Å². The summed E-state index contributed by atoms with van der Waals surface area (Å²) in [5, 5.41) is 0.483. The van der Waals surface area contributed by atoms with Gasteiger partial charge in [-0.2, -0.15) is 0 Å². The fraction of sp³-hybridized carbons (Fsp3) is 0.417. The first-order valence-electron chi connectivity index (χ1n) is 4.86. The van der Waals surface area contributed by atoms with Gasteiger partial charge in [0, 0.05) is 0 Å². The van der Waals surface area contributed by atoms with Gasteiger partial charge in [-0.3, -0.25) is 4.79 Å². The molecule has 0 bridgehead atoms. The first-order chi connectivity index (χ1) is 7.43.